The van der Waals surface area contributed by atoms with Gasteiger partial charge in [0.05, 0.1) is 6.61 Å². The van der Waals surface area contributed by atoms with Crippen molar-refractivity contribution in [1.29, 1.82) is 0 Å². The number of carbonyl (C=O) groups excluding carboxylic acids is 1. The Kier molecular flexibility index (Phi) is 6.47. The Labute approximate surface area is 146 Å². The third-order valence-electron chi connectivity index (χ3n) is 4.92. The molecular formula is C21H31NO2. The molecule has 0 heterocycles. The highest BCUT2D eigenvalue weighted by Gasteiger charge is 2.29. The number of ether oxygens (including phenoxy) is 1. The highest BCUT2D eigenvalue weighted by atomic mass is 16.5. The van der Waals surface area contributed by atoms with Crippen molar-refractivity contribution < 1.29 is 9.53 Å². The monoisotopic (exact) mass is 329 g/mol. The number of amides is 1. The summed E-state index contributed by atoms with van der Waals surface area (Å²) < 4.78 is 5.42. The van der Waals surface area contributed by atoms with Crippen LogP contribution in [0.15, 0.2) is 30.3 Å². The van der Waals surface area contributed by atoms with E-state index in [0.717, 1.165) is 30.1 Å². The van der Waals surface area contributed by atoms with Crippen LogP contribution >= 0.6 is 0 Å². The van der Waals surface area contributed by atoms with E-state index in [9.17, 15) is 4.79 Å². The first kappa shape index (κ1) is 18.6. The molecule has 1 aliphatic carbocycles. The molecule has 0 atom stereocenters. The summed E-state index contributed by atoms with van der Waals surface area (Å²) in [4.78, 5) is 12.1. The van der Waals surface area contributed by atoms with E-state index < -0.39 is 0 Å². The first-order valence-electron chi connectivity index (χ1n) is 9.10. The number of hydrogen-bond donors (Lipinski definition) is 1. The van der Waals surface area contributed by atoms with Crippen molar-refractivity contribution in [2.24, 2.45) is 11.3 Å². The zero-order chi connectivity index (χ0) is 17.6. The summed E-state index contributed by atoms with van der Waals surface area (Å²) in [6.45, 7) is 9.57. The third-order valence-corrected chi connectivity index (χ3v) is 4.92. The maximum absolute atomic E-state index is 12.1. The van der Waals surface area contributed by atoms with Crippen LogP contribution in [0.3, 0.4) is 0 Å². The molecular weight excluding hydrogens is 298 g/mol. The topological polar surface area (TPSA) is 38.3 Å². The first-order chi connectivity index (χ1) is 11.4. The van der Waals surface area contributed by atoms with Gasteiger partial charge >= 0.3 is 0 Å². The number of benzene rings is 1. The van der Waals surface area contributed by atoms with Crippen molar-refractivity contribution >= 4 is 12.0 Å². The molecule has 0 bridgehead atoms. The van der Waals surface area contributed by atoms with Crippen LogP contribution in [0.5, 0.6) is 5.75 Å². The Bertz CT molecular complexity index is 546. The molecule has 3 nitrogen and oxygen atoms in total. The normalized spacial score (nSPS) is 21.7. The van der Waals surface area contributed by atoms with E-state index in [1.54, 1.807) is 6.08 Å². The SMILES string of the molecule is CCOc1ccc(/C=C/C(=O)NC2CCC(C(C)(C)C)CC2)cc1. The summed E-state index contributed by atoms with van der Waals surface area (Å²) in [5.74, 6) is 1.63. The van der Waals surface area contributed by atoms with Gasteiger partial charge in [0.1, 0.15) is 5.75 Å². The average Bonchev–Trinajstić information content (AvgIpc) is 2.54. The van der Waals surface area contributed by atoms with Crippen molar-refractivity contribution in [3.8, 4) is 5.75 Å². The highest BCUT2D eigenvalue weighted by Crippen LogP contribution is 2.37. The van der Waals surface area contributed by atoms with E-state index in [2.05, 4.69) is 26.1 Å². The quantitative estimate of drug-likeness (QED) is 0.787. The molecule has 24 heavy (non-hydrogen) atoms. The fraction of sp³-hybridized carbons (Fsp3) is 0.571. The van der Waals surface area contributed by atoms with E-state index in [1.807, 2.05) is 37.3 Å². The molecule has 1 saturated carbocycles. The molecule has 0 aliphatic heterocycles. The van der Waals surface area contributed by atoms with Crippen molar-refractivity contribution in [2.75, 3.05) is 6.61 Å². The highest BCUT2D eigenvalue weighted by molar-refractivity contribution is 5.91. The second kappa shape index (κ2) is 8.36. The summed E-state index contributed by atoms with van der Waals surface area (Å²) in [5.41, 5.74) is 1.38. The van der Waals surface area contributed by atoms with Crippen molar-refractivity contribution in [2.45, 2.75) is 59.4 Å². The van der Waals surface area contributed by atoms with Crippen LogP contribution in [-0.2, 0) is 4.79 Å². The summed E-state index contributed by atoms with van der Waals surface area (Å²) in [7, 11) is 0. The lowest BCUT2D eigenvalue weighted by Gasteiger charge is -2.37. The standard InChI is InChI=1S/C21H31NO2/c1-5-24-19-13-6-16(7-14-19)8-15-20(23)22-18-11-9-17(10-12-18)21(2,3)4/h6-8,13-15,17-18H,5,9-12H2,1-4H3,(H,22,23)/b15-8+. The van der Waals surface area contributed by atoms with Gasteiger partial charge in [-0.15, -0.1) is 0 Å². The molecule has 0 unspecified atom stereocenters. The molecule has 3 heteroatoms. The van der Waals surface area contributed by atoms with Gasteiger partial charge in [-0.05, 0) is 67.7 Å². The van der Waals surface area contributed by atoms with Gasteiger partial charge < -0.3 is 10.1 Å². The van der Waals surface area contributed by atoms with Gasteiger partial charge in [-0.3, -0.25) is 4.79 Å². The second-order valence-electron chi connectivity index (χ2n) is 7.76. The summed E-state index contributed by atoms with van der Waals surface area (Å²) in [6.07, 6.45) is 8.07. The van der Waals surface area contributed by atoms with Gasteiger partial charge in [0.2, 0.25) is 5.91 Å². The van der Waals surface area contributed by atoms with Crippen LogP contribution in [-0.4, -0.2) is 18.6 Å². The Morgan fingerprint density at radius 3 is 2.33 bits per heavy atom. The van der Waals surface area contributed by atoms with Gasteiger partial charge in [0.25, 0.3) is 0 Å². The fourth-order valence-electron chi connectivity index (χ4n) is 3.37. The summed E-state index contributed by atoms with van der Waals surface area (Å²) in [6, 6.07) is 8.09. The minimum absolute atomic E-state index is 0.00286. The number of nitrogens with one attached hydrogen (secondary N) is 1. The van der Waals surface area contributed by atoms with E-state index in [-0.39, 0.29) is 5.91 Å². The number of rotatable bonds is 5. The van der Waals surface area contributed by atoms with Gasteiger partial charge in [0.15, 0.2) is 0 Å². The third kappa shape index (κ3) is 5.70. The minimum Gasteiger partial charge on any atom is -0.494 e. The van der Waals surface area contributed by atoms with E-state index in [4.69, 9.17) is 4.74 Å². The predicted octanol–water partition coefficient (Wildman–Crippen LogP) is 4.82. The maximum Gasteiger partial charge on any atom is 0.244 e. The molecule has 1 N–H and O–H groups in total. The van der Waals surface area contributed by atoms with Gasteiger partial charge in [-0.1, -0.05) is 32.9 Å². The van der Waals surface area contributed by atoms with E-state index in [1.165, 1.54) is 12.8 Å². The summed E-state index contributed by atoms with van der Waals surface area (Å²) in [5, 5.41) is 3.14. The second-order valence-corrected chi connectivity index (χ2v) is 7.76. The molecule has 1 amide bonds. The molecule has 132 valence electrons. The molecule has 0 radical (unpaired) electrons. The smallest absolute Gasteiger partial charge is 0.244 e. The molecule has 0 aromatic heterocycles. The number of hydrogen-bond acceptors (Lipinski definition) is 2. The van der Waals surface area contributed by atoms with Crippen molar-refractivity contribution in [1.82, 2.24) is 5.32 Å². The zero-order valence-electron chi connectivity index (χ0n) is 15.5. The van der Waals surface area contributed by atoms with E-state index in [0.29, 0.717) is 18.1 Å². The lowest BCUT2D eigenvalue weighted by atomic mass is 9.71. The van der Waals surface area contributed by atoms with Crippen molar-refractivity contribution in [3.05, 3.63) is 35.9 Å². The van der Waals surface area contributed by atoms with E-state index >= 15 is 0 Å². The Hall–Kier alpha value is -1.77. The van der Waals surface area contributed by atoms with Gasteiger partial charge in [-0.25, -0.2) is 0 Å². The Balaban J connectivity index is 1.79. The van der Waals surface area contributed by atoms with Gasteiger partial charge in [-0.2, -0.15) is 0 Å². The summed E-state index contributed by atoms with van der Waals surface area (Å²) >= 11 is 0. The molecule has 2 rings (SSSR count). The Morgan fingerprint density at radius 2 is 1.79 bits per heavy atom. The lowest BCUT2D eigenvalue weighted by Crippen LogP contribution is -2.38. The van der Waals surface area contributed by atoms with Crippen LogP contribution in [0.25, 0.3) is 6.08 Å². The molecule has 1 fully saturated rings. The predicted molar refractivity (Wildman–Crippen MR) is 100.0 cm³/mol. The van der Waals surface area contributed by atoms with Gasteiger partial charge in [0, 0.05) is 12.1 Å². The largest absolute Gasteiger partial charge is 0.494 e. The lowest BCUT2D eigenvalue weighted by molar-refractivity contribution is -0.117. The molecule has 1 aromatic rings. The molecule has 1 aliphatic rings. The van der Waals surface area contributed by atoms with Crippen molar-refractivity contribution in [3.63, 3.8) is 0 Å². The van der Waals surface area contributed by atoms with Crippen LogP contribution in [0.2, 0.25) is 0 Å². The van der Waals surface area contributed by atoms with Crippen LogP contribution in [0, 0.1) is 11.3 Å². The molecule has 1 aromatic carbocycles. The first-order valence-corrected chi connectivity index (χ1v) is 9.10. The van der Waals surface area contributed by atoms with Crippen LogP contribution < -0.4 is 10.1 Å². The molecule has 0 spiro atoms. The number of carbonyl (C=O) groups is 1. The Morgan fingerprint density at radius 1 is 1.17 bits per heavy atom. The minimum atomic E-state index is 0.00286. The zero-order valence-corrected chi connectivity index (χ0v) is 15.5. The van der Waals surface area contributed by atoms with Crippen LogP contribution in [0.4, 0.5) is 0 Å². The fourth-order valence-corrected chi connectivity index (χ4v) is 3.37. The molecule has 0 saturated heterocycles. The maximum atomic E-state index is 12.1. The average molecular weight is 329 g/mol. The van der Waals surface area contributed by atoms with Crippen LogP contribution in [0.1, 0.15) is 58.9 Å².